The Bertz CT molecular complexity index is 461. The summed E-state index contributed by atoms with van der Waals surface area (Å²) in [4.78, 5) is 2.25. The summed E-state index contributed by atoms with van der Waals surface area (Å²) in [7, 11) is 0. The maximum atomic E-state index is 10.0. The lowest BCUT2D eigenvalue weighted by atomic mass is 10.1. The topological polar surface area (TPSA) is 20.2 Å². The summed E-state index contributed by atoms with van der Waals surface area (Å²) in [5.41, 5.74) is 1.10. The third kappa shape index (κ3) is 2.85. The molecule has 1 atom stereocenters. The van der Waals surface area contributed by atoms with Gasteiger partial charge < -0.3 is 5.11 Å². The number of halogens is 1. The Kier molecular flexibility index (Phi) is 3.64. The zero-order valence-corrected chi connectivity index (χ0v) is 10.6. The fourth-order valence-corrected chi connectivity index (χ4v) is 2.57. The minimum absolute atomic E-state index is 0.417. The summed E-state index contributed by atoms with van der Waals surface area (Å²) in [5, 5.41) is 10.8. The second-order valence-electron chi connectivity index (χ2n) is 3.79. The molecule has 0 aliphatic rings. The van der Waals surface area contributed by atoms with Crippen LogP contribution in [0.5, 0.6) is 0 Å². The Morgan fingerprint density at radius 2 is 1.88 bits per heavy atom. The van der Waals surface area contributed by atoms with Crippen LogP contribution in [0.1, 0.15) is 21.4 Å². The molecule has 0 saturated heterocycles. The standard InChI is InChI=1S/C13H13ClOS/c1-9-2-7-13(16-9)12(15)8-10-3-5-11(14)6-4-10/h2-7,12,15H,8H2,1H3. The maximum Gasteiger partial charge on any atom is 0.0922 e. The molecule has 2 rings (SSSR count). The molecule has 1 N–H and O–H groups in total. The molecule has 0 bridgehead atoms. The highest BCUT2D eigenvalue weighted by Gasteiger charge is 2.10. The van der Waals surface area contributed by atoms with Crippen molar-refractivity contribution in [2.75, 3.05) is 0 Å². The van der Waals surface area contributed by atoms with Crippen LogP contribution in [-0.2, 0) is 6.42 Å². The first-order chi connectivity index (χ1) is 7.65. The summed E-state index contributed by atoms with van der Waals surface area (Å²) in [6, 6.07) is 11.6. The number of hydrogen-bond donors (Lipinski definition) is 1. The summed E-state index contributed by atoms with van der Waals surface area (Å²) in [6.45, 7) is 2.04. The van der Waals surface area contributed by atoms with Gasteiger partial charge in [0, 0.05) is 21.2 Å². The van der Waals surface area contributed by atoms with Gasteiger partial charge in [-0.3, -0.25) is 0 Å². The molecular weight excluding hydrogens is 240 g/mol. The number of aliphatic hydroxyl groups is 1. The SMILES string of the molecule is Cc1ccc(C(O)Cc2ccc(Cl)cc2)s1. The van der Waals surface area contributed by atoms with Crippen LogP contribution in [0.3, 0.4) is 0 Å². The molecule has 0 fully saturated rings. The van der Waals surface area contributed by atoms with E-state index < -0.39 is 6.10 Å². The molecule has 2 aromatic rings. The van der Waals surface area contributed by atoms with E-state index >= 15 is 0 Å². The molecule has 3 heteroatoms. The molecule has 0 aliphatic heterocycles. The van der Waals surface area contributed by atoms with E-state index in [9.17, 15) is 5.11 Å². The van der Waals surface area contributed by atoms with Gasteiger partial charge in [-0.05, 0) is 36.8 Å². The van der Waals surface area contributed by atoms with Crippen molar-refractivity contribution in [2.24, 2.45) is 0 Å². The average molecular weight is 253 g/mol. The largest absolute Gasteiger partial charge is 0.387 e. The molecule has 1 aromatic carbocycles. The first-order valence-electron chi connectivity index (χ1n) is 5.14. The Morgan fingerprint density at radius 1 is 1.19 bits per heavy atom. The predicted molar refractivity (Wildman–Crippen MR) is 69.2 cm³/mol. The van der Waals surface area contributed by atoms with Gasteiger partial charge in [-0.2, -0.15) is 0 Å². The highest BCUT2D eigenvalue weighted by Crippen LogP contribution is 2.25. The number of rotatable bonds is 3. The minimum atomic E-state index is -0.417. The van der Waals surface area contributed by atoms with E-state index in [0.29, 0.717) is 6.42 Å². The van der Waals surface area contributed by atoms with Crippen molar-refractivity contribution in [3.05, 3.63) is 56.7 Å². The van der Waals surface area contributed by atoms with E-state index in [4.69, 9.17) is 11.6 Å². The van der Waals surface area contributed by atoms with Gasteiger partial charge in [0.2, 0.25) is 0 Å². The van der Waals surface area contributed by atoms with Crippen LogP contribution in [0.25, 0.3) is 0 Å². The highest BCUT2D eigenvalue weighted by atomic mass is 35.5. The van der Waals surface area contributed by atoms with Crippen LogP contribution < -0.4 is 0 Å². The van der Waals surface area contributed by atoms with Crippen molar-refractivity contribution in [1.29, 1.82) is 0 Å². The van der Waals surface area contributed by atoms with Gasteiger partial charge >= 0.3 is 0 Å². The average Bonchev–Trinajstić information content (AvgIpc) is 2.68. The van der Waals surface area contributed by atoms with Gasteiger partial charge in [0.05, 0.1) is 6.10 Å². The second-order valence-corrected chi connectivity index (χ2v) is 5.55. The predicted octanol–water partition coefficient (Wildman–Crippen LogP) is 3.99. The van der Waals surface area contributed by atoms with E-state index in [-0.39, 0.29) is 0 Å². The molecule has 1 aromatic heterocycles. The quantitative estimate of drug-likeness (QED) is 0.876. The molecule has 1 nitrogen and oxygen atoms in total. The number of thiophene rings is 1. The molecule has 84 valence electrons. The van der Waals surface area contributed by atoms with E-state index in [2.05, 4.69) is 0 Å². The van der Waals surface area contributed by atoms with Crippen molar-refractivity contribution >= 4 is 22.9 Å². The summed E-state index contributed by atoms with van der Waals surface area (Å²) >= 11 is 7.45. The number of aryl methyl sites for hydroxylation is 1. The maximum absolute atomic E-state index is 10.0. The van der Waals surface area contributed by atoms with Gasteiger partial charge in [0.15, 0.2) is 0 Å². The summed E-state index contributed by atoms with van der Waals surface area (Å²) in [5.74, 6) is 0. The Balaban J connectivity index is 2.07. The van der Waals surface area contributed by atoms with E-state index in [1.165, 1.54) is 4.88 Å². The van der Waals surface area contributed by atoms with Crippen LogP contribution in [0, 0.1) is 6.92 Å². The van der Waals surface area contributed by atoms with Crippen LogP contribution in [-0.4, -0.2) is 5.11 Å². The van der Waals surface area contributed by atoms with E-state index in [0.717, 1.165) is 15.5 Å². The van der Waals surface area contributed by atoms with Crippen LogP contribution in [0.4, 0.5) is 0 Å². The molecule has 1 unspecified atom stereocenters. The number of hydrogen-bond acceptors (Lipinski definition) is 2. The van der Waals surface area contributed by atoms with Crippen molar-refractivity contribution in [1.82, 2.24) is 0 Å². The zero-order chi connectivity index (χ0) is 11.5. The normalized spacial score (nSPS) is 12.7. The third-order valence-corrected chi connectivity index (χ3v) is 3.79. The molecule has 0 saturated carbocycles. The number of aliphatic hydroxyl groups excluding tert-OH is 1. The van der Waals surface area contributed by atoms with Gasteiger partial charge in [0.1, 0.15) is 0 Å². The highest BCUT2D eigenvalue weighted by molar-refractivity contribution is 7.12. The van der Waals surface area contributed by atoms with Crippen molar-refractivity contribution in [3.8, 4) is 0 Å². The van der Waals surface area contributed by atoms with Crippen molar-refractivity contribution in [2.45, 2.75) is 19.4 Å². The van der Waals surface area contributed by atoms with Crippen molar-refractivity contribution in [3.63, 3.8) is 0 Å². The number of benzene rings is 1. The van der Waals surface area contributed by atoms with Gasteiger partial charge in [-0.25, -0.2) is 0 Å². The van der Waals surface area contributed by atoms with Crippen molar-refractivity contribution < 1.29 is 5.11 Å². The van der Waals surface area contributed by atoms with Crippen LogP contribution >= 0.6 is 22.9 Å². The molecular formula is C13H13ClOS. The van der Waals surface area contributed by atoms with Crippen LogP contribution in [0.15, 0.2) is 36.4 Å². The summed E-state index contributed by atoms with van der Waals surface area (Å²) in [6.07, 6.45) is 0.219. The summed E-state index contributed by atoms with van der Waals surface area (Å²) < 4.78 is 0. The van der Waals surface area contributed by atoms with E-state index in [1.54, 1.807) is 11.3 Å². The van der Waals surface area contributed by atoms with Gasteiger partial charge in [-0.1, -0.05) is 23.7 Å². The molecule has 16 heavy (non-hydrogen) atoms. The minimum Gasteiger partial charge on any atom is -0.387 e. The molecule has 1 heterocycles. The fraction of sp³-hybridized carbons (Fsp3) is 0.231. The van der Waals surface area contributed by atoms with Gasteiger partial charge in [0.25, 0.3) is 0 Å². The lowest BCUT2D eigenvalue weighted by Crippen LogP contribution is -1.99. The lowest BCUT2D eigenvalue weighted by molar-refractivity contribution is 0.182. The third-order valence-electron chi connectivity index (χ3n) is 2.43. The van der Waals surface area contributed by atoms with Crippen LogP contribution in [0.2, 0.25) is 5.02 Å². The smallest absolute Gasteiger partial charge is 0.0922 e. The second kappa shape index (κ2) is 5.00. The first kappa shape index (κ1) is 11.6. The Hall–Kier alpha value is -0.830. The molecule has 0 aliphatic carbocycles. The van der Waals surface area contributed by atoms with E-state index in [1.807, 2.05) is 43.3 Å². The van der Waals surface area contributed by atoms with Gasteiger partial charge in [-0.15, -0.1) is 11.3 Å². The Morgan fingerprint density at radius 3 is 2.44 bits per heavy atom. The molecule has 0 spiro atoms. The Labute approximate surface area is 104 Å². The lowest BCUT2D eigenvalue weighted by Gasteiger charge is -2.08. The first-order valence-corrected chi connectivity index (χ1v) is 6.33. The monoisotopic (exact) mass is 252 g/mol. The zero-order valence-electron chi connectivity index (χ0n) is 8.98. The molecule has 0 radical (unpaired) electrons. The fourth-order valence-electron chi connectivity index (χ4n) is 1.58. The molecule has 0 amide bonds.